The van der Waals surface area contributed by atoms with Gasteiger partial charge in [0.1, 0.15) is 6.61 Å². The van der Waals surface area contributed by atoms with E-state index in [2.05, 4.69) is 20.6 Å². The number of halogens is 1. The first-order valence-electron chi connectivity index (χ1n) is 9.81. The summed E-state index contributed by atoms with van der Waals surface area (Å²) < 4.78 is 5.95. The first kappa shape index (κ1) is 21.7. The van der Waals surface area contributed by atoms with Crippen molar-refractivity contribution in [2.75, 3.05) is 5.32 Å². The number of thiocarbonyl (C=S) groups is 1. The molecule has 160 valence electrons. The number of fused-ring (bicyclic) bond motifs is 1. The molecule has 3 aromatic carbocycles. The van der Waals surface area contributed by atoms with E-state index in [0.717, 1.165) is 11.1 Å². The molecule has 1 aromatic heterocycles. The van der Waals surface area contributed by atoms with Gasteiger partial charge in [-0.1, -0.05) is 48.0 Å². The predicted octanol–water partition coefficient (Wildman–Crippen LogP) is 5.30. The molecule has 4 aromatic rings. The van der Waals surface area contributed by atoms with E-state index in [1.807, 2.05) is 43.3 Å². The minimum atomic E-state index is -0.323. The van der Waals surface area contributed by atoms with Crippen LogP contribution in [0, 0.1) is 6.92 Å². The number of aryl methyl sites for hydroxylation is 1. The van der Waals surface area contributed by atoms with Crippen molar-refractivity contribution in [3.05, 3.63) is 94.5 Å². The summed E-state index contributed by atoms with van der Waals surface area (Å²) in [5.41, 5.74) is 3.85. The van der Waals surface area contributed by atoms with Crippen molar-refractivity contribution in [3.8, 4) is 5.88 Å². The number of amides is 1. The van der Waals surface area contributed by atoms with Gasteiger partial charge < -0.3 is 10.1 Å². The first-order chi connectivity index (χ1) is 15.5. The fourth-order valence-corrected chi connectivity index (χ4v) is 3.28. The molecule has 2 N–H and O–H groups in total. The second-order valence-corrected chi connectivity index (χ2v) is 7.90. The molecule has 0 unspecified atom stereocenters. The molecule has 32 heavy (non-hydrogen) atoms. The Morgan fingerprint density at radius 1 is 1.00 bits per heavy atom. The summed E-state index contributed by atoms with van der Waals surface area (Å²) in [6, 6.07) is 21.9. The zero-order valence-corrected chi connectivity index (χ0v) is 18.7. The molecule has 1 amide bonds. The van der Waals surface area contributed by atoms with Gasteiger partial charge in [0.05, 0.1) is 11.0 Å². The minimum Gasteiger partial charge on any atom is -0.470 e. The van der Waals surface area contributed by atoms with Gasteiger partial charge >= 0.3 is 0 Å². The molecule has 0 atom stereocenters. The smallest absolute Gasteiger partial charge is 0.258 e. The normalized spacial score (nSPS) is 10.6. The zero-order valence-electron chi connectivity index (χ0n) is 17.1. The van der Waals surface area contributed by atoms with Crippen LogP contribution in [0.3, 0.4) is 0 Å². The molecule has 0 aliphatic heterocycles. The number of ether oxygens (including phenoxy) is 1. The second-order valence-electron chi connectivity index (χ2n) is 7.06. The Bertz CT molecular complexity index is 1280. The van der Waals surface area contributed by atoms with Gasteiger partial charge in [-0.05, 0) is 66.7 Å². The summed E-state index contributed by atoms with van der Waals surface area (Å²) in [4.78, 5) is 21.6. The fourth-order valence-electron chi connectivity index (χ4n) is 2.97. The van der Waals surface area contributed by atoms with Gasteiger partial charge in [0.2, 0.25) is 0 Å². The Kier molecular flexibility index (Phi) is 6.58. The third-order valence-electron chi connectivity index (χ3n) is 4.57. The lowest BCUT2D eigenvalue weighted by Crippen LogP contribution is -2.34. The van der Waals surface area contributed by atoms with Gasteiger partial charge in [-0.15, -0.1) is 0 Å². The van der Waals surface area contributed by atoms with Crippen molar-refractivity contribution in [2.45, 2.75) is 13.5 Å². The minimum absolute atomic E-state index is 0.0935. The SMILES string of the molecule is Cc1ccc2nc(NC(=S)NC(=O)c3ccccc3)c(OCc3ccc(Cl)cc3)nc2c1. The van der Waals surface area contributed by atoms with Crippen LogP contribution in [0.5, 0.6) is 5.88 Å². The van der Waals surface area contributed by atoms with Crippen LogP contribution in [-0.2, 0) is 6.61 Å². The van der Waals surface area contributed by atoms with Crippen LogP contribution in [0.4, 0.5) is 5.82 Å². The average molecular weight is 463 g/mol. The van der Waals surface area contributed by atoms with Crippen LogP contribution < -0.4 is 15.4 Å². The number of rotatable bonds is 5. The molecule has 0 saturated heterocycles. The number of aromatic nitrogens is 2. The van der Waals surface area contributed by atoms with E-state index in [4.69, 9.17) is 28.6 Å². The molecule has 6 nitrogen and oxygen atoms in total. The molecule has 4 rings (SSSR count). The Morgan fingerprint density at radius 3 is 2.50 bits per heavy atom. The quantitative estimate of drug-likeness (QED) is 0.392. The Labute approximate surface area is 195 Å². The van der Waals surface area contributed by atoms with Crippen molar-refractivity contribution in [3.63, 3.8) is 0 Å². The van der Waals surface area contributed by atoms with E-state index < -0.39 is 0 Å². The summed E-state index contributed by atoms with van der Waals surface area (Å²) >= 11 is 11.3. The summed E-state index contributed by atoms with van der Waals surface area (Å²) in [6.45, 7) is 2.25. The van der Waals surface area contributed by atoms with Crippen LogP contribution in [-0.4, -0.2) is 21.0 Å². The highest BCUT2D eigenvalue weighted by atomic mass is 35.5. The lowest BCUT2D eigenvalue weighted by Gasteiger charge is -2.14. The molecule has 0 radical (unpaired) electrons. The number of nitrogens with zero attached hydrogens (tertiary/aromatic N) is 2. The van der Waals surface area contributed by atoms with E-state index in [1.165, 1.54) is 0 Å². The molecular formula is C24H19ClN4O2S. The number of hydrogen-bond donors (Lipinski definition) is 2. The zero-order chi connectivity index (χ0) is 22.5. The Hall–Kier alpha value is -3.55. The standard InChI is InChI=1S/C24H19ClN4O2S/c1-15-7-12-19-20(13-15)27-23(31-14-16-8-10-18(25)11-9-16)21(26-19)28-24(32)29-22(30)17-5-3-2-4-6-17/h2-13H,14H2,1H3,(H2,26,28,29,30,32). The molecule has 0 saturated carbocycles. The van der Waals surface area contributed by atoms with Crippen molar-refractivity contribution in [1.82, 2.24) is 15.3 Å². The Morgan fingerprint density at radius 2 is 1.75 bits per heavy atom. The third-order valence-corrected chi connectivity index (χ3v) is 5.03. The van der Waals surface area contributed by atoms with Gasteiger partial charge in [-0.2, -0.15) is 0 Å². The van der Waals surface area contributed by atoms with Crippen LogP contribution in [0.25, 0.3) is 11.0 Å². The van der Waals surface area contributed by atoms with Crippen LogP contribution in [0.2, 0.25) is 5.02 Å². The maximum Gasteiger partial charge on any atom is 0.258 e. The van der Waals surface area contributed by atoms with Gasteiger partial charge in [0, 0.05) is 10.6 Å². The predicted molar refractivity (Wildman–Crippen MR) is 130 cm³/mol. The van der Waals surface area contributed by atoms with Crippen LogP contribution >= 0.6 is 23.8 Å². The van der Waals surface area contributed by atoms with E-state index >= 15 is 0 Å². The van der Waals surface area contributed by atoms with Crippen LogP contribution in [0.1, 0.15) is 21.5 Å². The molecule has 0 fully saturated rings. The number of benzene rings is 3. The van der Waals surface area contributed by atoms with Crippen molar-refractivity contribution in [2.24, 2.45) is 0 Å². The van der Waals surface area contributed by atoms with Crippen LogP contribution in [0.15, 0.2) is 72.8 Å². The molecule has 8 heteroatoms. The number of anilines is 1. The highest BCUT2D eigenvalue weighted by Crippen LogP contribution is 2.25. The number of carbonyl (C=O) groups is 1. The van der Waals surface area contributed by atoms with Gasteiger partial charge in [0.15, 0.2) is 10.9 Å². The largest absolute Gasteiger partial charge is 0.470 e. The molecule has 0 bridgehead atoms. The summed E-state index contributed by atoms with van der Waals surface area (Å²) in [7, 11) is 0. The van der Waals surface area contributed by atoms with Gasteiger partial charge in [-0.3, -0.25) is 10.1 Å². The molecular weight excluding hydrogens is 444 g/mol. The van der Waals surface area contributed by atoms with E-state index in [1.54, 1.807) is 36.4 Å². The maximum atomic E-state index is 12.4. The maximum absolute atomic E-state index is 12.4. The topological polar surface area (TPSA) is 76.1 Å². The van der Waals surface area contributed by atoms with E-state index in [0.29, 0.717) is 27.4 Å². The van der Waals surface area contributed by atoms with Crippen molar-refractivity contribution >= 4 is 51.7 Å². The second kappa shape index (κ2) is 9.72. The Balaban J connectivity index is 1.57. The van der Waals surface area contributed by atoms with Gasteiger partial charge in [-0.25, -0.2) is 9.97 Å². The number of hydrogen-bond acceptors (Lipinski definition) is 5. The third kappa shape index (κ3) is 5.38. The van der Waals surface area contributed by atoms with Gasteiger partial charge in [0.25, 0.3) is 11.8 Å². The monoisotopic (exact) mass is 462 g/mol. The highest BCUT2D eigenvalue weighted by molar-refractivity contribution is 7.80. The lowest BCUT2D eigenvalue weighted by molar-refractivity contribution is 0.0977. The highest BCUT2D eigenvalue weighted by Gasteiger charge is 2.14. The van der Waals surface area contributed by atoms with Crippen molar-refractivity contribution in [1.29, 1.82) is 0 Å². The van der Waals surface area contributed by atoms with E-state index in [-0.39, 0.29) is 23.5 Å². The van der Waals surface area contributed by atoms with E-state index in [9.17, 15) is 4.79 Å². The molecule has 0 spiro atoms. The first-order valence-corrected chi connectivity index (χ1v) is 10.6. The molecule has 0 aliphatic carbocycles. The summed E-state index contributed by atoms with van der Waals surface area (Å²) in [5, 5.41) is 6.34. The number of carbonyl (C=O) groups excluding carboxylic acids is 1. The average Bonchev–Trinajstić information content (AvgIpc) is 2.79. The van der Waals surface area contributed by atoms with Crippen molar-refractivity contribution < 1.29 is 9.53 Å². The fraction of sp³-hybridized carbons (Fsp3) is 0.0833. The molecule has 1 heterocycles. The summed E-state index contributed by atoms with van der Waals surface area (Å²) in [6.07, 6.45) is 0. The number of nitrogens with one attached hydrogen (secondary N) is 2. The summed E-state index contributed by atoms with van der Waals surface area (Å²) in [5.74, 6) is 0.263. The lowest BCUT2D eigenvalue weighted by atomic mass is 10.2. The molecule has 0 aliphatic rings.